The fourth-order valence-corrected chi connectivity index (χ4v) is 5.55. The van der Waals surface area contributed by atoms with E-state index in [9.17, 15) is 0 Å². The number of aromatic amines is 1. The summed E-state index contributed by atoms with van der Waals surface area (Å²) >= 11 is 0. The van der Waals surface area contributed by atoms with E-state index in [0.717, 1.165) is 49.6 Å². The Balaban J connectivity index is 1.70. The summed E-state index contributed by atoms with van der Waals surface area (Å²) in [5.74, 6) is 0. The Morgan fingerprint density at radius 2 is 1.30 bits per heavy atom. The molecule has 0 saturated carbocycles. The largest absolute Gasteiger partial charge is 0.455 e. The lowest BCUT2D eigenvalue weighted by atomic mass is 10.1. The molecule has 5 aromatic carbocycles. The zero-order valence-corrected chi connectivity index (χ0v) is 17.7. The molecule has 8 aromatic rings. The van der Waals surface area contributed by atoms with Crippen molar-refractivity contribution in [3.63, 3.8) is 0 Å². The van der Waals surface area contributed by atoms with Crippen LogP contribution in [-0.4, -0.2) is 9.55 Å². The van der Waals surface area contributed by atoms with Crippen LogP contribution in [0.3, 0.4) is 0 Å². The van der Waals surface area contributed by atoms with E-state index in [1.54, 1.807) is 0 Å². The Morgan fingerprint density at radius 3 is 2.21 bits per heavy atom. The van der Waals surface area contributed by atoms with Gasteiger partial charge in [0.15, 0.2) is 0 Å². The molecule has 0 aliphatic carbocycles. The second-order valence-corrected chi connectivity index (χ2v) is 8.66. The molecule has 0 spiro atoms. The van der Waals surface area contributed by atoms with Gasteiger partial charge < -0.3 is 14.0 Å². The van der Waals surface area contributed by atoms with E-state index in [4.69, 9.17) is 4.42 Å². The van der Waals surface area contributed by atoms with Gasteiger partial charge in [-0.3, -0.25) is 0 Å². The fraction of sp³-hybridized carbons (Fsp3) is 0. The van der Waals surface area contributed by atoms with Crippen LogP contribution >= 0.6 is 0 Å². The number of benzene rings is 5. The monoisotopic (exact) mass is 422 g/mol. The predicted octanol–water partition coefficient (Wildman–Crippen LogP) is 8.32. The maximum absolute atomic E-state index is 6.48. The fourth-order valence-electron chi connectivity index (χ4n) is 5.55. The minimum Gasteiger partial charge on any atom is -0.455 e. The van der Waals surface area contributed by atoms with Crippen molar-refractivity contribution < 1.29 is 4.42 Å². The maximum Gasteiger partial charge on any atom is 0.145 e. The highest BCUT2D eigenvalue weighted by molar-refractivity contribution is 6.30. The van der Waals surface area contributed by atoms with Crippen LogP contribution in [0, 0.1) is 0 Å². The molecule has 8 rings (SSSR count). The summed E-state index contributed by atoms with van der Waals surface area (Å²) in [4.78, 5) is 3.62. The molecule has 0 saturated heterocycles. The van der Waals surface area contributed by atoms with Crippen molar-refractivity contribution in [3.8, 4) is 5.69 Å². The van der Waals surface area contributed by atoms with Gasteiger partial charge >= 0.3 is 0 Å². The van der Waals surface area contributed by atoms with Gasteiger partial charge in [-0.2, -0.15) is 0 Å². The standard InChI is InChI=1S/C30H18N2O/c1-2-8-18(9-3-1)32-25-17-15-20-19-10-5-7-13-26(19)33-30(20)28(25)22-14-16-24-27(29(22)32)21-11-4-6-12-23(21)31-24/h1-17,31H. The molecular formula is C30H18N2O. The lowest BCUT2D eigenvalue weighted by molar-refractivity contribution is 0.673. The predicted molar refractivity (Wildman–Crippen MR) is 137 cm³/mol. The summed E-state index contributed by atoms with van der Waals surface area (Å²) in [5, 5.41) is 7.16. The number of aromatic nitrogens is 2. The first-order valence-corrected chi connectivity index (χ1v) is 11.2. The van der Waals surface area contributed by atoms with E-state index in [0.29, 0.717) is 0 Å². The van der Waals surface area contributed by atoms with Crippen molar-refractivity contribution in [2.45, 2.75) is 0 Å². The van der Waals surface area contributed by atoms with Crippen molar-refractivity contribution in [2.75, 3.05) is 0 Å². The zero-order valence-electron chi connectivity index (χ0n) is 17.7. The number of H-pyrrole nitrogens is 1. The summed E-state index contributed by atoms with van der Waals surface area (Å²) in [6.45, 7) is 0. The highest BCUT2D eigenvalue weighted by Crippen LogP contribution is 2.43. The number of hydrogen-bond donors (Lipinski definition) is 1. The molecule has 0 bridgehead atoms. The van der Waals surface area contributed by atoms with Crippen molar-refractivity contribution in [3.05, 3.63) is 103 Å². The van der Waals surface area contributed by atoms with E-state index >= 15 is 0 Å². The maximum atomic E-state index is 6.48. The van der Waals surface area contributed by atoms with Crippen LogP contribution in [0.15, 0.2) is 108 Å². The van der Waals surface area contributed by atoms with Crippen LogP contribution in [0.1, 0.15) is 0 Å². The van der Waals surface area contributed by atoms with E-state index in [1.807, 2.05) is 6.07 Å². The third-order valence-electron chi connectivity index (χ3n) is 6.92. The van der Waals surface area contributed by atoms with E-state index < -0.39 is 0 Å². The molecule has 154 valence electrons. The molecule has 0 radical (unpaired) electrons. The molecule has 3 nitrogen and oxygen atoms in total. The lowest BCUT2D eigenvalue weighted by Crippen LogP contribution is -1.93. The highest BCUT2D eigenvalue weighted by atomic mass is 16.3. The quantitative estimate of drug-likeness (QED) is 0.283. The number of hydrogen-bond acceptors (Lipinski definition) is 1. The van der Waals surface area contributed by atoms with Crippen LogP contribution < -0.4 is 0 Å². The summed E-state index contributed by atoms with van der Waals surface area (Å²) in [5.41, 5.74) is 7.68. The number of para-hydroxylation sites is 3. The minimum absolute atomic E-state index is 0.925. The topological polar surface area (TPSA) is 33.9 Å². The average Bonchev–Trinajstić information content (AvgIpc) is 3.53. The van der Waals surface area contributed by atoms with Crippen LogP contribution in [0.5, 0.6) is 0 Å². The second kappa shape index (κ2) is 6.05. The zero-order chi connectivity index (χ0) is 21.5. The van der Waals surface area contributed by atoms with Crippen molar-refractivity contribution in [2.24, 2.45) is 0 Å². The number of nitrogens with zero attached hydrogens (tertiary/aromatic N) is 1. The molecule has 33 heavy (non-hydrogen) atoms. The van der Waals surface area contributed by atoms with Gasteiger partial charge in [0, 0.05) is 43.7 Å². The first-order chi connectivity index (χ1) is 16.4. The van der Waals surface area contributed by atoms with Crippen LogP contribution in [0.2, 0.25) is 0 Å². The number of rotatable bonds is 1. The summed E-state index contributed by atoms with van der Waals surface area (Å²) < 4.78 is 8.87. The van der Waals surface area contributed by atoms with Crippen molar-refractivity contribution in [1.29, 1.82) is 0 Å². The van der Waals surface area contributed by atoms with Crippen LogP contribution in [-0.2, 0) is 0 Å². The third kappa shape index (κ3) is 2.14. The Hall–Kier alpha value is -4.50. The number of furan rings is 1. The lowest BCUT2D eigenvalue weighted by Gasteiger charge is -2.08. The molecule has 3 aromatic heterocycles. The number of nitrogens with one attached hydrogen (secondary N) is 1. The smallest absolute Gasteiger partial charge is 0.145 e. The third-order valence-corrected chi connectivity index (χ3v) is 6.92. The van der Waals surface area contributed by atoms with E-state index in [-0.39, 0.29) is 0 Å². The van der Waals surface area contributed by atoms with Crippen LogP contribution in [0.4, 0.5) is 0 Å². The van der Waals surface area contributed by atoms with Crippen molar-refractivity contribution in [1.82, 2.24) is 9.55 Å². The molecule has 1 N–H and O–H groups in total. The van der Waals surface area contributed by atoms with E-state index in [2.05, 4.69) is 107 Å². The van der Waals surface area contributed by atoms with Crippen molar-refractivity contribution >= 4 is 65.6 Å². The summed E-state index contributed by atoms with van der Waals surface area (Å²) in [7, 11) is 0. The molecule has 0 atom stereocenters. The van der Waals surface area contributed by atoms with Gasteiger partial charge in [0.2, 0.25) is 0 Å². The van der Waals surface area contributed by atoms with Gasteiger partial charge in [-0.05, 0) is 48.5 Å². The van der Waals surface area contributed by atoms with Gasteiger partial charge in [0.1, 0.15) is 11.2 Å². The first-order valence-electron chi connectivity index (χ1n) is 11.2. The van der Waals surface area contributed by atoms with E-state index in [1.165, 1.54) is 21.7 Å². The molecule has 0 aliphatic rings. The van der Waals surface area contributed by atoms with Gasteiger partial charge in [-0.1, -0.05) is 54.6 Å². The normalized spacial score (nSPS) is 12.2. The highest BCUT2D eigenvalue weighted by Gasteiger charge is 2.21. The Bertz CT molecular complexity index is 2020. The molecule has 0 unspecified atom stereocenters. The SMILES string of the molecule is c1ccc(-n2c3ccc4c5ccccc5oc4c3c3ccc4[nH]c5ccccc5c4c32)cc1. The van der Waals surface area contributed by atoms with Gasteiger partial charge in [-0.15, -0.1) is 0 Å². The van der Waals surface area contributed by atoms with Crippen LogP contribution in [0.25, 0.3) is 71.2 Å². The molecule has 3 heterocycles. The Kier molecular flexibility index (Phi) is 3.14. The Morgan fingerprint density at radius 1 is 0.545 bits per heavy atom. The molecule has 0 aliphatic heterocycles. The molecule has 0 amide bonds. The van der Waals surface area contributed by atoms with Gasteiger partial charge in [0.25, 0.3) is 0 Å². The Labute approximate surface area is 188 Å². The average molecular weight is 422 g/mol. The number of fused-ring (bicyclic) bond motifs is 11. The summed E-state index contributed by atoms with van der Waals surface area (Å²) in [6.07, 6.45) is 0. The van der Waals surface area contributed by atoms with Gasteiger partial charge in [0.05, 0.1) is 16.4 Å². The first kappa shape index (κ1) is 17.1. The molecular weight excluding hydrogens is 404 g/mol. The molecule has 3 heteroatoms. The molecule has 0 fully saturated rings. The minimum atomic E-state index is 0.925. The van der Waals surface area contributed by atoms with Gasteiger partial charge in [-0.25, -0.2) is 0 Å². The summed E-state index contributed by atoms with van der Waals surface area (Å²) in [6, 6.07) is 36.3. The second-order valence-electron chi connectivity index (χ2n) is 8.66.